The van der Waals surface area contributed by atoms with Gasteiger partial charge in [-0.25, -0.2) is 0 Å². The third kappa shape index (κ3) is 3.17. The van der Waals surface area contributed by atoms with Gasteiger partial charge in [-0.15, -0.1) is 0 Å². The molecule has 1 saturated heterocycles. The smallest absolute Gasteiger partial charge is 0.0414 e. The van der Waals surface area contributed by atoms with Gasteiger partial charge in [-0.1, -0.05) is 25.1 Å². The van der Waals surface area contributed by atoms with Gasteiger partial charge >= 0.3 is 0 Å². The van der Waals surface area contributed by atoms with E-state index in [1.165, 1.54) is 29.3 Å². The van der Waals surface area contributed by atoms with E-state index in [1.807, 2.05) is 0 Å². The van der Waals surface area contributed by atoms with Gasteiger partial charge in [0.05, 0.1) is 0 Å². The van der Waals surface area contributed by atoms with E-state index in [9.17, 15) is 0 Å². The van der Waals surface area contributed by atoms with Crippen molar-refractivity contribution >= 4 is 17.4 Å². The first-order chi connectivity index (χ1) is 8.33. The average molecular weight is 250 g/mol. The van der Waals surface area contributed by atoms with Crippen molar-refractivity contribution in [1.82, 2.24) is 5.32 Å². The molecular formula is C14H22N2S. The lowest BCUT2D eigenvalue weighted by molar-refractivity contribution is 0.681. The van der Waals surface area contributed by atoms with Crippen LogP contribution in [0.5, 0.6) is 0 Å². The van der Waals surface area contributed by atoms with Gasteiger partial charge < -0.3 is 10.2 Å². The Morgan fingerprint density at radius 3 is 3.00 bits per heavy atom. The largest absolute Gasteiger partial charge is 0.367 e. The zero-order chi connectivity index (χ0) is 12.1. The van der Waals surface area contributed by atoms with Crippen LogP contribution in [-0.4, -0.2) is 30.6 Å². The zero-order valence-corrected chi connectivity index (χ0v) is 11.6. The predicted octanol–water partition coefficient (Wildman–Crippen LogP) is 2.74. The van der Waals surface area contributed by atoms with Gasteiger partial charge in [-0.2, -0.15) is 11.8 Å². The first-order valence-electron chi connectivity index (χ1n) is 6.46. The van der Waals surface area contributed by atoms with Gasteiger partial charge in [0.2, 0.25) is 0 Å². The Hall–Kier alpha value is -0.670. The highest BCUT2D eigenvalue weighted by atomic mass is 32.2. The first kappa shape index (κ1) is 12.8. The van der Waals surface area contributed by atoms with Crippen molar-refractivity contribution in [3.63, 3.8) is 0 Å². The maximum atomic E-state index is 3.43. The highest BCUT2D eigenvalue weighted by Gasteiger charge is 2.20. The number of hydrogen-bond acceptors (Lipinski definition) is 3. The highest BCUT2D eigenvalue weighted by Crippen LogP contribution is 2.27. The third-order valence-corrected chi connectivity index (χ3v) is 4.42. The van der Waals surface area contributed by atoms with E-state index in [0.717, 1.165) is 13.1 Å². The minimum absolute atomic E-state index is 0.650. The number of thioether (sulfide) groups is 1. The molecule has 2 nitrogen and oxygen atoms in total. The molecule has 1 aliphatic rings. The highest BCUT2D eigenvalue weighted by molar-refractivity contribution is 7.99. The Morgan fingerprint density at radius 2 is 2.24 bits per heavy atom. The Morgan fingerprint density at radius 1 is 1.41 bits per heavy atom. The quantitative estimate of drug-likeness (QED) is 0.884. The molecule has 17 heavy (non-hydrogen) atoms. The SMILES string of the molecule is CCNCc1ccccc1N1CCSCC1C. The topological polar surface area (TPSA) is 15.3 Å². The molecule has 1 atom stereocenters. The normalized spacial score (nSPS) is 20.6. The van der Waals surface area contributed by atoms with E-state index in [1.54, 1.807) is 0 Å². The summed E-state index contributed by atoms with van der Waals surface area (Å²) in [7, 11) is 0. The lowest BCUT2D eigenvalue weighted by Gasteiger charge is -2.36. The van der Waals surface area contributed by atoms with Crippen LogP contribution in [0.15, 0.2) is 24.3 Å². The van der Waals surface area contributed by atoms with E-state index in [4.69, 9.17) is 0 Å². The van der Waals surface area contributed by atoms with E-state index in [-0.39, 0.29) is 0 Å². The number of hydrogen-bond donors (Lipinski definition) is 1. The summed E-state index contributed by atoms with van der Waals surface area (Å²) in [5.41, 5.74) is 2.84. The fourth-order valence-corrected chi connectivity index (χ4v) is 3.30. The Bertz CT molecular complexity index is 354. The summed E-state index contributed by atoms with van der Waals surface area (Å²) in [5, 5.41) is 3.43. The second kappa shape index (κ2) is 6.31. The minimum Gasteiger partial charge on any atom is -0.367 e. The van der Waals surface area contributed by atoms with Crippen molar-refractivity contribution < 1.29 is 0 Å². The fourth-order valence-electron chi connectivity index (χ4n) is 2.29. The van der Waals surface area contributed by atoms with Crippen LogP contribution in [0.2, 0.25) is 0 Å². The van der Waals surface area contributed by atoms with Crippen molar-refractivity contribution in [3.8, 4) is 0 Å². The Kier molecular flexibility index (Phi) is 4.75. The Balaban J connectivity index is 2.17. The number of anilines is 1. The van der Waals surface area contributed by atoms with Gasteiger partial charge in [-0.05, 0) is 25.1 Å². The summed E-state index contributed by atoms with van der Waals surface area (Å²) in [6.45, 7) is 7.66. The molecule has 0 radical (unpaired) electrons. The molecule has 1 fully saturated rings. The predicted molar refractivity (Wildman–Crippen MR) is 78.0 cm³/mol. The second-order valence-electron chi connectivity index (χ2n) is 4.53. The van der Waals surface area contributed by atoms with E-state index >= 15 is 0 Å². The molecule has 1 heterocycles. The summed E-state index contributed by atoms with van der Waals surface area (Å²) in [6.07, 6.45) is 0. The molecule has 0 aromatic heterocycles. The zero-order valence-electron chi connectivity index (χ0n) is 10.8. The average Bonchev–Trinajstić information content (AvgIpc) is 2.37. The van der Waals surface area contributed by atoms with Crippen molar-refractivity contribution in [2.24, 2.45) is 0 Å². The van der Waals surface area contributed by atoms with E-state index < -0.39 is 0 Å². The minimum atomic E-state index is 0.650. The number of benzene rings is 1. The lowest BCUT2D eigenvalue weighted by Crippen LogP contribution is -2.41. The molecule has 0 amide bonds. The van der Waals surface area contributed by atoms with Gasteiger partial charge in [-0.3, -0.25) is 0 Å². The van der Waals surface area contributed by atoms with Gasteiger partial charge in [0.15, 0.2) is 0 Å². The summed E-state index contributed by atoms with van der Waals surface area (Å²) in [4.78, 5) is 2.56. The Labute approximate surface area is 109 Å². The van der Waals surface area contributed by atoms with Crippen molar-refractivity contribution in [3.05, 3.63) is 29.8 Å². The van der Waals surface area contributed by atoms with Gasteiger partial charge in [0.1, 0.15) is 0 Å². The van der Waals surface area contributed by atoms with Crippen LogP contribution in [-0.2, 0) is 6.54 Å². The molecule has 0 bridgehead atoms. The molecule has 1 aromatic rings. The summed E-state index contributed by atoms with van der Waals surface area (Å²) in [5.74, 6) is 2.50. The number of nitrogens with zero attached hydrogens (tertiary/aromatic N) is 1. The van der Waals surface area contributed by atoms with Crippen LogP contribution in [0.25, 0.3) is 0 Å². The van der Waals surface area contributed by atoms with Crippen LogP contribution in [0.3, 0.4) is 0 Å². The number of nitrogens with one attached hydrogen (secondary N) is 1. The number of rotatable bonds is 4. The molecule has 1 N–H and O–H groups in total. The number of para-hydroxylation sites is 1. The maximum Gasteiger partial charge on any atom is 0.0414 e. The van der Waals surface area contributed by atoms with Gasteiger partial charge in [0, 0.05) is 36.3 Å². The summed E-state index contributed by atoms with van der Waals surface area (Å²) in [6, 6.07) is 9.45. The van der Waals surface area contributed by atoms with Gasteiger partial charge in [0.25, 0.3) is 0 Å². The van der Waals surface area contributed by atoms with Crippen LogP contribution in [0.1, 0.15) is 19.4 Å². The van der Waals surface area contributed by atoms with Crippen LogP contribution < -0.4 is 10.2 Å². The van der Waals surface area contributed by atoms with Crippen LogP contribution in [0, 0.1) is 0 Å². The van der Waals surface area contributed by atoms with Crippen molar-refractivity contribution in [2.75, 3.05) is 29.5 Å². The van der Waals surface area contributed by atoms with Crippen molar-refractivity contribution in [2.45, 2.75) is 26.4 Å². The molecule has 1 unspecified atom stereocenters. The molecule has 2 rings (SSSR count). The monoisotopic (exact) mass is 250 g/mol. The standard InChI is InChI=1S/C14H22N2S/c1-3-15-10-13-6-4-5-7-14(13)16-8-9-17-11-12(16)2/h4-7,12,15H,3,8-11H2,1-2H3. The molecule has 0 saturated carbocycles. The van der Waals surface area contributed by atoms with Crippen molar-refractivity contribution in [1.29, 1.82) is 0 Å². The summed E-state index contributed by atoms with van der Waals surface area (Å²) < 4.78 is 0. The molecule has 1 aliphatic heterocycles. The molecule has 3 heteroatoms. The summed E-state index contributed by atoms with van der Waals surface area (Å²) >= 11 is 2.07. The third-order valence-electron chi connectivity index (χ3n) is 3.23. The molecule has 0 spiro atoms. The first-order valence-corrected chi connectivity index (χ1v) is 7.61. The maximum absolute atomic E-state index is 3.43. The van der Waals surface area contributed by atoms with Crippen LogP contribution in [0.4, 0.5) is 5.69 Å². The van der Waals surface area contributed by atoms with E-state index in [0.29, 0.717) is 6.04 Å². The molecule has 94 valence electrons. The lowest BCUT2D eigenvalue weighted by atomic mass is 10.1. The molecule has 1 aromatic carbocycles. The second-order valence-corrected chi connectivity index (χ2v) is 5.68. The molecular weight excluding hydrogens is 228 g/mol. The van der Waals surface area contributed by atoms with E-state index in [2.05, 4.69) is 60.1 Å². The fraction of sp³-hybridized carbons (Fsp3) is 0.571. The molecule has 0 aliphatic carbocycles. The van der Waals surface area contributed by atoms with Crippen LogP contribution >= 0.6 is 11.8 Å².